The lowest BCUT2D eigenvalue weighted by atomic mass is 10.0. The molecule has 0 saturated carbocycles. The van der Waals surface area contributed by atoms with E-state index in [1.807, 2.05) is 67.6 Å². The largest absolute Gasteiger partial charge is 0.488 e. The number of rotatable bonds is 5. The van der Waals surface area contributed by atoms with Gasteiger partial charge in [0.15, 0.2) is 0 Å². The Morgan fingerprint density at radius 3 is 2.47 bits per heavy atom. The van der Waals surface area contributed by atoms with Crippen molar-refractivity contribution in [2.24, 2.45) is 0 Å². The van der Waals surface area contributed by atoms with Gasteiger partial charge in [0, 0.05) is 10.0 Å². The van der Waals surface area contributed by atoms with Gasteiger partial charge in [-0.1, -0.05) is 82.2 Å². The molecule has 0 aromatic heterocycles. The Morgan fingerprint density at radius 2 is 1.70 bits per heavy atom. The van der Waals surface area contributed by atoms with Crippen LogP contribution in [0.25, 0.3) is 22.4 Å². The Morgan fingerprint density at radius 1 is 0.933 bits per heavy atom. The van der Waals surface area contributed by atoms with E-state index < -0.39 is 0 Å². The van der Waals surface area contributed by atoms with Crippen molar-refractivity contribution in [3.05, 3.63) is 112 Å². The highest BCUT2D eigenvalue weighted by atomic mass is 79.9. The molecule has 0 heterocycles. The average molecular weight is 454 g/mol. The smallest absolute Gasteiger partial charge is 0.127 e. The number of hydrogen-bond acceptors (Lipinski definition) is 2. The van der Waals surface area contributed by atoms with Crippen molar-refractivity contribution in [3.63, 3.8) is 0 Å². The van der Waals surface area contributed by atoms with Crippen molar-refractivity contribution in [1.29, 1.82) is 5.26 Å². The van der Waals surface area contributed by atoms with E-state index in [1.165, 1.54) is 10.8 Å². The quantitative estimate of drug-likeness (QED) is 0.230. The van der Waals surface area contributed by atoms with Crippen LogP contribution in [-0.2, 0) is 6.61 Å². The monoisotopic (exact) mass is 453 g/mol. The SMILES string of the molecule is Cc1ccc(/C(C#N)=C\c2cc(Br)ccc2OCc2ccc3ccccc3c2)cc1. The van der Waals surface area contributed by atoms with Crippen LogP contribution in [0.4, 0.5) is 0 Å². The van der Waals surface area contributed by atoms with Gasteiger partial charge in [-0.15, -0.1) is 0 Å². The van der Waals surface area contributed by atoms with Crippen LogP contribution < -0.4 is 4.74 Å². The summed E-state index contributed by atoms with van der Waals surface area (Å²) in [6.07, 6.45) is 1.88. The molecule has 30 heavy (non-hydrogen) atoms. The Hall–Kier alpha value is -3.35. The van der Waals surface area contributed by atoms with Crippen molar-refractivity contribution in [2.45, 2.75) is 13.5 Å². The third kappa shape index (κ3) is 4.62. The first-order chi connectivity index (χ1) is 14.6. The summed E-state index contributed by atoms with van der Waals surface area (Å²) in [6.45, 7) is 2.49. The fraction of sp³-hybridized carbons (Fsp3) is 0.0741. The summed E-state index contributed by atoms with van der Waals surface area (Å²) in [5.41, 5.74) is 4.62. The van der Waals surface area contributed by atoms with E-state index in [9.17, 15) is 5.26 Å². The lowest BCUT2D eigenvalue weighted by molar-refractivity contribution is 0.305. The number of aryl methyl sites for hydroxylation is 1. The molecular formula is C27H20BrNO. The normalized spacial score (nSPS) is 11.3. The molecule has 0 atom stereocenters. The maximum absolute atomic E-state index is 9.71. The molecule has 0 N–H and O–H groups in total. The topological polar surface area (TPSA) is 33.0 Å². The Bertz CT molecular complexity index is 1270. The lowest BCUT2D eigenvalue weighted by Gasteiger charge is -2.11. The van der Waals surface area contributed by atoms with E-state index >= 15 is 0 Å². The van der Waals surface area contributed by atoms with Crippen LogP contribution in [0.15, 0.2) is 89.4 Å². The van der Waals surface area contributed by atoms with Gasteiger partial charge >= 0.3 is 0 Å². The molecule has 0 bridgehead atoms. The zero-order valence-electron chi connectivity index (χ0n) is 16.6. The molecule has 3 heteroatoms. The second-order valence-corrected chi connectivity index (χ2v) is 8.10. The zero-order valence-corrected chi connectivity index (χ0v) is 18.2. The highest BCUT2D eigenvalue weighted by Crippen LogP contribution is 2.29. The minimum absolute atomic E-state index is 0.458. The standard InChI is InChI=1S/C27H20BrNO/c1-19-6-9-22(10-7-19)25(17-29)15-24-16-26(28)12-13-27(24)30-18-20-8-11-21-4-2-3-5-23(21)14-20/h2-16H,18H2,1H3/b25-15-. The van der Waals surface area contributed by atoms with Gasteiger partial charge < -0.3 is 4.74 Å². The minimum Gasteiger partial charge on any atom is -0.488 e. The van der Waals surface area contributed by atoms with Crippen LogP contribution in [0, 0.1) is 18.3 Å². The molecule has 0 aliphatic rings. The van der Waals surface area contributed by atoms with Crippen molar-refractivity contribution in [1.82, 2.24) is 0 Å². The van der Waals surface area contributed by atoms with Crippen molar-refractivity contribution in [2.75, 3.05) is 0 Å². The van der Waals surface area contributed by atoms with Crippen LogP contribution in [0.3, 0.4) is 0 Å². The number of ether oxygens (including phenoxy) is 1. The number of fused-ring (bicyclic) bond motifs is 1. The molecule has 0 amide bonds. The molecule has 4 aromatic rings. The van der Waals surface area contributed by atoms with Crippen LogP contribution in [0.2, 0.25) is 0 Å². The Kier molecular flexibility index (Phi) is 5.97. The van der Waals surface area contributed by atoms with Crippen molar-refractivity contribution < 1.29 is 4.74 Å². The van der Waals surface area contributed by atoms with Crippen LogP contribution in [0.1, 0.15) is 22.3 Å². The Labute approximate surface area is 185 Å². The number of allylic oxidation sites excluding steroid dienone is 1. The first-order valence-corrected chi connectivity index (χ1v) is 10.5. The molecule has 0 radical (unpaired) electrons. The van der Waals surface area contributed by atoms with E-state index in [4.69, 9.17) is 4.74 Å². The van der Waals surface area contributed by atoms with Gasteiger partial charge in [-0.3, -0.25) is 0 Å². The molecule has 0 fully saturated rings. The number of nitrogens with zero attached hydrogens (tertiary/aromatic N) is 1. The van der Waals surface area contributed by atoms with Crippen molar-refractivity contribution in [3.8, 4) is 11.8 Å². The van der Waals surface area contributed by atoms with Gasteiger partial charge in [-0.2, -0.15) is 5.26 Å². The molecule has 0 aliphatic heterocycles. The fourth-order valence-electron chi connectivity index (χ4n) is 3.32. The van der Waals surface area contributed by atoms with Gasteiger partial charge in [0.05, 0.1) is 11.6 Å². The first-order valence-electron chi connectivity index (χ1n) is 9.71. The molecule has 146 valence electrons. The molecule has 4 rings (SSSR count). The lowest BCUT2D eigenvalue weighted by Crippen LogP contribution is -1.97. The van der Waals surface area contributed by atoms with Gasteiger partial charge in [-0.05, 0) is 59.2 Å². The third-order valence-electron chi connectivity index (χ3n) is 4.96. The summed E-state index contributed by atoms with van der Waals surface area (Å²) in [5, 5.41) is 12.1. The summed E-state index contributed by atoms with van der Waals surface area (Å²) in [6, 6.07) is 30.8. The number of hydrogen-bond donors (Lipinski definition) is 0. The molecule has 0 saturated heterocycles. The van der Waals surface area contributed by atoms with E-state index in [1.54, 1.807) is 0 Å². The minimum atomic E-state index is 0.458. The fourth-order valence-corrected chi connectivity index (χ4v) is 3.70. The Balaban J connectivity index is 1.62. The van der Waals surface area contributed by atoms with E-state index in [0.29, 0.717) is 12.2 Å². The van der Waals surface area contributed by atoms with Gasteiger partial charge in [0.25, 0.3) is 0 Å². The summed E-state index contributed by atoms with van der Waals surface area (Å²) in [7, 11) is 0. The van der Waals surface area contributed by atoms with Crippen LogP contribution >= 0.6 is 15.9 Å². The van der Waals surface area contributed by atoms with E-state index in [2.05, 4.69) is 52.3 Å². The summed E-state index contributed by atoms with van der Waals surface area (Å²) in [5.74, 6) is 0.742. The molecule has 4 aromatic carbocycles. The highest BCUT2D eigenvalue weighted by Gasteiger charge is 2.08. The summed E-state index contributed by atoms with van der Waals surface area (Å²) >= 11 is 3.53. The second kappa shape index (κ2) is 8.98. The third-order valence-corrected chi connectivity index (χ3v) is 5.46. The maximum atomic E-state index is 9.71. The van der Waals surface area contributed by atoms with E-state index in [-0.39, 0.29) is 0 Å². The van der Waals surface area contributed by atoms with Crippen LogP contribution in [-0.4, -0.2) is 0 Å². The number of benzene rings is 4. The summed E-state index contributed by atoms with van der Waals surface area (Å²) < 4.78 is 7.09. The zero-order chi connectivity index (χ0) is 20.9. The number of halogens is 1. The maximum Gasteiger partial charge on any atom is 0.127 e. The van der Waals surface area contributed by atoms with Gasteiger partial charge in [-0.25, -0.2) is 0 Å². The molecule has 0 aliphatic carbocycles. The second-order valence-electron chi connectivity index (χ2n) is 7.19. The molecular weight excluding hydrogens is 434 g/mol. The first kappa shape index (κ1) is 19.9. The predicted molar refractivity (Wildman–Crippen MR) is 127 cm³/mol. The molecule has 0 spiro atoms. The molecule has 0 unspecified atom stereocenters. The average Bonchev–Trinajstić information content (AvgIpc) is 2.77. The van der Waals surface area contributed by atoms with E-state index in [0.717, 1.165) is 32.5 Å². The highest BCUT2D eigenvalue weighted by molar-refractivity contribution is 9.10. The molecule has 2 nitrogen and oxygen atoms in total. The number of nitriles is 1. The van der Waals surface area contributed by atoms with Crippen molar-refractivity contribution >= 4 is 38.4 Å². The van der Waals surface area contributed by atoms with Crippen LogP contribution in [0.5, 0.6) is 5.75 Å². The van der Waals surface area contributed by atoms with Gasteiger partial charge in [0.2, 0.25) is 0 Å². The van der Waals surface area contributed by atoms with Gasteiger partial charge in [0.1, 0.15) is 12.4 Å². The predicted octanol–water partition coefficient (Wildman–Crippen LogP) is 7.55. The summed E-state index contributed by atoms with van der Waals surface area (Å²) in [4.78, 5) is 0.